The van der Waals surface area contributed by atoms with E-state index in [1.54, 1.807) is 12.4 Å². The molecule has 0 unspecified atom stereocenters. The number of carbonyl (C=O) groups is 3. The number of hydrogen-bond donors (Lipinski definition) is 1. The van der Waals surface area contributed by atoms with Crippen LogP contribution in [0.4, 0.5) is 0 Å². The summed E-state index contributed by atoms with van der Waals surface area (Å²) < 4.78 is 6.04. The van der Waals surface area contributed by atoms with Crippen LogP contribution in [0.15, 0.2) is 36.2 Å². The van der Waals surface area contributed by atoms with E-state index in [9.17, 15) is 14.4 Å². The molecule has 6 nitrogen and oxygen atoms in total. The molecule has 0 bridgehead atoms. The molecule has 5 rings (SSSR count). The number of rotatable bonds is 6. The smallest absolute Gasteiger partial charge is 0.306 e. The van der Waals surface area contributed by atoms with E-state index < -0.39 is 0 Å². The zero-order valence-corrected chi connectivity index (χ0v) is 21.1. The first-order valence-electron chi connectivity index (χ1n) is 13.4. The maximum Gasteiger partial charge on any atom is 0.306 e. The lowest BCUT2D eigenvalue weighted by Gasteiger charge is -2.57. The van der Waals surface area contributed by atoms with Gasteiger partial charge >= 0.3 is 5.97 Å². The van der Waals surface area contributed by atoms with Gasteiger partial charge in [0, 0.05) is 37.2 Å². The third-order valence-corrected chi connectivity index (χ3v) is 9.94. The Kier molecular flexibility index (Phi) is 6.58. The number of esters is 1. The lowest BCUT2D eigenvalue weighted by molar-refractivity contribution is -0.160. The van der Waals surface area contributed by atoms with Crippen molar-refractivity contribution in [3.63, 3.8) is 0 Å². The van der Waals surface area contributed by atoms with Crippen LogP contribution >= 0.6 is 0 Å². The highest BCUT2D eigenvalue weighted by Crippen LogP contribution is 2.65. The Morgan fingerprint density at radius 3 is 2.63 bits per heavy atom. The van der Waals surface area contributed by atoms with E-state index >= 15 is 0 Å². The molecule has 0 aromatic carbocycles. The molecule has 0 spiro atoms. The minimum absolute atomic E-state index is 0.0164. The molecule has 3 saturated carbocycles. The molecule has 188 valence electrons. The predicted octanol–water partition coefficient (Wildman–Crippen LogP) is 4.92. The highest BCUT2D eigenvalue weighted by atomic mass is 16.5. The maximum atomic E-state index is 12.7. The summed E-state index contributed by atoms with van der Waals surface area (Å²) in [6, 6.07) is 3.72. The molecule has 1 N–H and O–H groups in total. The number of allylic oxidation sites excluding steroid dienone is 1. The molecule has 6 atom stereocenters. The van der Waals surface area contributed by atoms with Crippen molar-refractivity contribution in [3.05, 3.63) is 41.7 Å². The lowest BCUT2D eigenvalue weighted by Crippen LogP contribution is -2.51. The summed E-state index contributed by atoms with van der Waals surface area (Å²) in [6.45, 7) is 5.17. The first-order chi connectivity index (χ1) is 16.8. The maximum absolute atomic E-state index is 12.7. The number of pyridine rings is 1. The van der Waals surface area contributed by atoms with Gasteiger partial charge in [-0.05, 0) is 91.9 Å². The van der Waals surface area contributed by atoms with Crippen molar-refractivity contribution >= 4 is 17.7 Å². The molecule has 35 heavy (non-hydrogen) atoms. The number of nitrogens with one attached hydrogen (secondary N) is 1. The number of nitrogens with zero attached hydrogens (tertiary/aromatic N) is 1. The molecule has 1 amide bonds. The average molecular weight is 479 g/mol. The van der Waals surface area contributed by atoms with Crippen molar-refractivity contribution in [2.24, 2.45) is 28.6 Å². The van der Waals surface area contributed by atoms with Gasteiger partial charge in [-0.2, -0.15) is 0 Å². The molecular formula is C29H38N2O4. The highest BCUT2D eigenvalue weighted by molar-refractivity contribution is 5.91. The second-order valence-corrected chi connectivity index (χ2v) is 11.7. The zero-order valence-electron chi connectivity index (χ0n) is 21.1. The van der Waals surface area contributed by atoms with Crippen LogP contribution in [0.1, 0.15) is 83.6 Å². The minimum atomic E-state index is -0.260. The van der Waals surface area contributed by atoms with E-state index in [1.807, 2.05) is 18.2 Å². The van der Waals surface area contributed by atoms with Crippen molar-refractivity contribution in [2.75, 3.05) is 0 Å². The molecule has 1 aromatic heterocycles. The van der Waals surface area contributed by atoms with E-state index in [-0.39, 0.29) is 41.7 Å². The van der Waals surface area contributed by atoms with Crippen LogP contribution in [0.5, 0.6) is 0 Å². The number of aromatic nitrogens is 1. The molecule has 6 heteroatoms. The standard InChI is InChI=1S/C29H38N2O4/c1-28-13-9-21(32)17-20(28)3-4-22-23-5-6-25(29(23,2)14-10-24(22)28)35-27(34)8-7-26(33)31-18-19-11-15-30-16-12-19/h11-12,15-17,22-25H,3-10,13-14,18H2,1-2H3,(H,31,33)/t22-,23+,24-,25+,28+,29+/m1/s1. The van der Waals surface area contributed by atoms with Gasteiger partial charge in [0.15, 0.2) is 5.78 Å². The minimum Gasteiger partial charge on any atom is -0.462 e. The van der Waals surface area contributed by atoms with E-state index in [0.29, 0.717) is 36.5 Å². The quantitative estimate of drug-likeness (QED) is 0.587. The van der Waals surface area contributed by atoms with Gasteiger partial charge in [0.1, 0.15) is 6.10 Å². The van der Waals surface area contributed by atoms with Gasteiger partial charge in [-0.1, -0.05) is 19.4 Å². The third kappa shape index (κ3) is 4.56. The molecule has 3 fully saturated rings. The number of hydrogen-bond acceptors (Lipinski definition) is 5. The van der Waals surface area contributed by atoms with Gasteiger partial charge in [0.25, 0.3) is 0 Å². The summed E-state index contributed by atoms with van der Waals surface area (Å²) in [4.78, 5) is 40.9. The molecular weight excluding hydrogens is 440 g/mol. The molecule has 4 aliphatic rings. The van der Waals surface area contributed by atoms with Crippen molar-refractivity contribution in [3.8, 4) is 0 Å². The first kappa shape index (κ1) is 24.2. The van der Waals surface area contributed by atoms with Gasteiger partial charge in [0.2, 0.25) is 5.91 Å². The summed E-state index contributed by atoms with van der Waals surface area (Å²) in [5.41, 5.74) is 2.55. The summed E-state index contributed by atoms with van der Waals surface area (Å²) >= 11 is 0. The number of amides is 1. The molecule has 0 radical (unpaired) electrons. The van der Waals surface area contributed by atoms with Gasteiger partial charge in [-0.3, -0.25) is 19.4 Å². The predicted molar refractivity (Wildman–Crippen MR) is 132 cm³/mol. The molecule has 0 saturated heterocycles. The Morgan fingerprint density at radius 1 is 1.03 bits per heavy atom. The Labute approximate surface area is 208 Å². The van der Waals surface area contributed by atoms with Crippen LogP contribution < -0.4 is 5.32 Å². The lowest BCUT2D eigenvalue weighted by atomic mass is 9.47. The van der Waals surface area contributed by atoms with Gasteiger partial charge in [0.05, 0.1) is 6.42 Å². The van der Waals surface area contributed by atoms with Crippen molar-refractivity contribution in [2.45, 2.75) is 90.7 Å². The average Bonchev–Trinajstić information content (AvgIpc) is 3.18. The Balaban J connectivity index is 1.16. The molecule has 0 aliphatic heterocycles. The van der Waals surface area contributed by atoms with Gasteiger partial charge < -0.3 is 10.1 Å². The summed E-state index contributed by atoms with van der Waals surface area (Å²) in [5.74, 6) is 1.75. The van der Waals surface area contributed by atoms with E-state index in [2.05, 4.69) is 24.1 Å². The fraction of sp³-hybridized carbons (Fsp3) is 0.655. The molecule has 1 heterocycles. The number of ketones is 1. The normalized spacial score (nSPS) is 35.8. The fourth-order valence-corrected chi connectivity index (χ4v) is 7.93. The Hall–Kier alpha value is -2.50. The summed E-state index contributed by atoms with van der Waals surface area (Å²) in [6.07, 6.45) is 13.7. The van der Waals surface area contributed by atoms with Crippen LogP contribution in [0.3, 0.4) is 0 Å². The van der Waals surface area contributed by atoms with Crippen molar-refractivity contribution in [1.82, 2.24) is 10.3 Å². The Bertz CT molecular complexity index is 1020. The van der Waals surface area contributed by atoms with Crippen LogP contribution in [0.25, 0.3) is 0 Å². The SMILES string of the molecule is C[C@]12CC[C@@H]3[C@H](CCC4=CC(=O)CC[C@@]43C)[C@@H]1CC[C@@H]2OC(=O)CCC(=O)NCc1ccncc1. The van der Waals surface area contributed by atoms with Crippen molar-refractivity contribution < 1.29 is 19.1 Å². The number of carbonyl (C=O) groups excluding carboxylic acids is 3. The third-order valence-electron chi connectivity index (χ3n) is 9.94. The first-order valence-corrected chi connectivity index (χ1v) is 13.4. The summed E-state index contributed by atoms with van der Waals surface area (Å²) in [7, 11) is 0. The van der Waals surface area contributed by atoms with Crippen LogP contribution in [-0.2, 0) is 25.7 Å². The van der Waals surface area contributed by atoms with Gasteiger partial charge in [-0.15, -0.1) is 0 Å². The largest absolute Gasteiger partial charge is 0.462 e. The van der Waals surface area contributed by atoms with E-state index in [1.165, 1.54) is 5.57 Å². The van der Waals surface area contributed by atoms with Crippen LogP contribution in [-0.4, -0.2) is 28.7 Å². The van der Waals surface area contributed by atoms with E-state index in [4.69, 9.17) is 4.74 Å². The van der Waals surface area contributed by atoms with Crippen LogP contribution in [0, 0.1) is 28.6 Å². The second kappa shape index (κ2) is 9.51. The number of fused-ring (bicyclic) bond motifs is 5. The van der Waals surface area contributed by atoms with Crippen molar-refractivity contribution in [1.29, 1.82) is 0 Å². The monoisotopic (exact) mass is 478 g/mol. The molecule has 4 aliphatic carbocycles. The number of ether oxygens (including phenoxy) is 1. The highest BCUT2D eigenvalue weighted by Gasteiger charge is 2.59. The zero-order chi connectivity index (χ0) is 24.6. The topological polar surface area (TPSA) is 85.4 Å². The molecule has 1 aromatic rings. The second-order valence-electron chi connectivity index (χ2n) is 11.7. The van der Waals surface area contributed by atoms with Gasteiger partial charge in [-0.25, -0.2) is 0 Å². The fourth-order valence-electron chi connectivity index (χ4n) is 7.93. The van der Waals surface area contributed by atoms with Crippen LogP contribution in [0.2, 0.25) is 0 Å². The Morgan fingerprint density at radius 2 is 1.83 bits per heavy atom. The van der Waals surface area contributed by atoms with E-state index in [0.717, 1.165) is 50.5 Å². The summed E-state index contributed by atoms with van der Waals surface area (Å²) in [5, 5.41) is 2.86.